The Kier molecular flexibility index (Phi) is 4.50. The first-order valence-corrected chi connectivity index (χ1v) is 11.3. The molecule has 0 radical (unpaired) electrons. The smallest absolute Gasteiger partial charge is 0.180 e. The van der Waals surface area contributed by atoms with Crippen LogP contribution in [-0.2, 0) is 10.5 Å². The first-order valence-electron chi connectivity index (χ1n) is 9.09. The monoisotopic (exact) mass is 461 g/mol. The largest absolute Gasteiger partial charge is 0.266 e. The molecule has 0 aliphatic heterocycles. The maximum absolute atomic E-state index is 4.78. The van der Waals surface area contributed by atoms with E-state index in [4.69, 9.17) is 10.2 Å². The van der Waals surface area contributed by atoms with E-state index < -0.39 is 3.41 Å². The van der Waals surface area contributed by atoms with Crippen molar-refractivity contribution in [2.24, 2.45) is 7.05 Å². The van der Waals surface area contributed by atoms with Crippen molar-refractivity contribution in [3.63, 3.8) is 0 Å². The summed E-state index contributed by atoms with van der Waals surface area (Å²) < 4.78 is 2.87. The summed E-state index contributed by atoms with van der Waals surface area (Å²) in [5.41, 5.74) is 4.74. The topological polar surface area (TPSA) is 73.8 Å². The zero-order valence-corrected chi connectivity index (χ0v) is 19.5. The van der Waals surface area contributed by atoms with Crippen LogP contribution in [-0.4, -0.2) is 34.6 Å². The lowest BCUT2D eigenvalue weighted by Gasteiger charge is -2.09. The molecular weight excluding hydrogens is 443 g/mol. The van der Waals surface area contributed by atoms with E-state index in [-0.39, 0.29) is 0 Å². The predicted octanol–water partition coefficient (Wildman–Crippen LogP) is 3.77. The Morgan fingerprint density at radius 2 is 1.90 bits per heavy atom. The predicted molar refractivity (Wildman–Crippen MR) is 123 cm³/mol. The molecule has 5 rings (SSSR count). The average Bonchev–Trinajstić information content (AvgIpc) is 2.99. The summed E-state index contributed by atoms with van der Waals surface area (Å²) >= 11 is 14.7. The van der Waals surface area contributed by atoms with Crippen LogP contribution < -0.4 is 0 Å². The standard InChI is InChI=1S/C18H19N7S4/c1-8-4-13(23-25-9(2)20-21-16(8)25)14-6-12(22-24(14)3)10-5-11(10)15-7-19-17(29-15)18(26,27)28/h4,6-7,10-11,26-28H,5H2,1-3H3. The molecule has 0 aromatic carbocycles. The van der Waals surface area contributed by atoms with Crippen LogP contribution in [0.4, 0.5) is 0 Å². The minimum atomic E-state index is -0.812. The van der Waals surface area contributed by atoms with Crippen molar-refractivity contribution in [3.8, 4) is 11.4 Å². The maximum atomic E-state index is 4.78. The third kappa shape index (κ3) is 3.37. The van der Waals surface area contributed by atoms with Gasteiger partial charge >= 0.3 is 0 Å². The molecule has 7 nitrogen and oxygen atoms in total. The van der Waals surface area contributed by atoms with Crippen LogP contribution in [0.2, 0.25) is 0 Å². The van der Waals surface area contributed by atoms with E-state index >= 15 is 0 Å². The summed E-state index contributed by atoms with van der Waals surface area (Å²) in [5, 5.41) is 18.6. The number of hydrogen-bond donors (Lipinski definition) is 3. The average molecular weight is 462 g/mol. The summed E-state index contributed by atoms with van der Waals surface area (Å²) in [5.74, 6) is 1.58. The van der Waals surface area contributed by atoms with Gasteiger partial charge in [-0.25, -0.2) is 4.98 Å². The van der Waals surface area contributed by atoms with Crippen LogP contribution in [0.3, 0.4) is 0 Å². The second kappa shape index (κ2) is 6.73. The van der Waals surface area contributed by atoms with Gasteiger partial charge in [0, 0.05) is 30.0 Å². The van der Waals surface area contributed by atoms with Crippen LogP contribution in [0.1, 0.15) is 45.2 Å². The fourth-order valence-corrected chi connectivity index (χ4v) is 5.18. The Hall–Kier alpha value is -1.56. The van der Waals surface area contributed by atoms with Gasteiger partial charge in [-0.2, -0.15) is 14.7 Å². The molecule has 0 saturated heterocycles. The lowest BCUT2D eigenvalue weighted by atomic mass is 10.2. The normalized spacial score (nSPS) is 19.2. The lowest BCUT2D eigenvalue weighted by molar-refractivity contribution is 0.742. The van der Waals surface area contributed by atoms with Gasteiger partial charge in [0.2, 0.25) is 0 Å². The number of aromatic nitrogens is 7. The molecule has 4 aromatic heterocycles. The van der Waals surface area contributed by atoms with Gasteiger partial charge in [0.05, 0.1) is 11.4 Å². The highest BCUT2D eigenvalue weighted by molar-refractivity contribution is 8.16. The molecule has 0 N–H and O–H groups in total. The van der Waals surface area contributed by atoms with Gasteiger partial charge in [-0.05, 0) is 38.0 Å². The summed E-state index contributed by atoms with van der Waals surface area (Å²) in [4.78, 5) is 5.66. The summed E-state index contributed by atoms with van der Waals surface area (Å²) in [6, 6.07) is 4.18. The van der Waals surface area contributed by atoms with Crippen LogP contribution in [0.25, 0.3) is 17.0 Å². The fourth-order valence-electron chi connectivity index (χ4n) is 3.61. The van der Waals surface area contributed by atoms with E-state index in [9.17, 15) is 0 Å². The Morgan fingerprint density at radius 1 is 1.10 bits per heavy atom. The van der Waals surface area contributed by atoms with Gasteiger partial charge in [-0.1, -0.05) is 0 Å². The van der Waals surface area contributed by atoms with Crippen molar-refractivity contribution in [1.29, 1.82) is 0 Å². The van der Waals surface area contributed by atoms with E-state index in [1.54, 1.807) is 15.9 Å². The number of fused-ring (bicyclic) bond motifs is 1. The van der Waals surface area contributed by atoms with Crippen LogP contribution in [0.15, 0.2) is 18.3 Å². The third-order valence-electron chi connectivity index (χ3n) is 5.22. The van der Waals surface area contributed by atoms with Gasteiger partial charge in [0.15, 0.2) is 14.9 Å². The second-order valence-corrected chi connectivity index (χ2v) is 11.6. The molecule has 0 spiro atoms. The minimum Gasteiger partial charge on any atom is -0.266 e. The number of nitrogens with zero attached hydrogens (tertiary/aromatic N) is 7. The van der Waals surface area contributed by atoms with E-state index in [2.05, 4.69) is 59.1 Å². The van der Waals surface area contributed by atoms with Crippen LogP contribution in [0.5, 0.6) is 0 Å². The first-order chi connectivity index (χ1) is 13.7. The quantitative estimate of drug-likeness (QED) is 0.319. The molecule has 1 saturated carbocycles. The first kappa shape index (κ1) is 19.4. The van der Waals surface area contributed by atoms with Crippen molar-refractivity contribution in [1.82, 2.24) is 34.6 Å². The number of hydrogen-bond acceptors (Lipinski definition) is 9. The van der Waals surface area contributed by atoms with Gasteiger partial charge in [-0.15, -0.1) is 59.4 Å². The molecule has 2 atom stereocenters. The molecule has 4 aromatic rings. The number of rotatable bonds is 4. The van der Waals surface area contributed by atoms with Crippen LogP contribution >= 0.6 is 49.2 Å². The SMILES string of the molecule is Cc1cc(-c2cc(C3CC3c3cnc(C(S)(S)S)s3)nn2C)nn2c(C)nnc12. The molecular formula is C18H19N7S4. The summed E-state index contributed by atoms with van der Waals surface area (Å²) in [6.07, 6.45) is 2.98. The molecule has 4 heterocycles. The van der Waals surface area contributed by atoms with E-state index in [0.29, 0.717) is 11.8 Å². The van der Waals surface area contributed by atoms with Gasteiger partial charge in [0.1, 0.15) is 10.7 Å². The molecule has 1 aliphatic carbocycles. The van der Waals surface area contributed by atoms with Crippen molar-refractivity contribution in [3.05, 3.63) is 45.3 Å². The van der Waals surface area contributed by atoms with Gasteiger partial charge in [-0.3, -0.25) is 4.68 Å². The molecule has 0 amide bonds. The molecule has 29 heavy (non-hydrogen) atoms. The molecule has 11 heteroatoms. The Morgan fingerprint density at radius 3 is 2.62 bits per heavy atom. The van der Waals surface area contributed by atoms with Crippen molar-refractivity contribution in [2.45, 2.75) is 35.5 Å². The van der Waals surface area contributed by atoms with E-state index in [0.717, 1.165) is 45.5 Å². The Bertz CT molecular complexity index is 1230. The van der Waals surface area contributed by atoms with Crippen molar-refractivity contribution < 1.29 is 0 Å². The van der Waals surface area contributed by atoms with Crippen molar-refractivity contribution >= 4 is 54.9 Å². The molecule has 1 fully saturated rings. The number of thiazole rings is 1. The molecule has 150 valence electrons. The summed E-state index contributed by atoms with van der Waals surface area (Å²) in [7, 11) is 1.96. The Labute approximate surface area is 188 Å². The number of aryl methyl sites for hydroxylation is 3. The van der Waals surface area contributed by atoms with Crippen molar-refractivity contribution in [2.75, 3.05) is 0 Å². The molecule has 1 aliphatic rings. The highest BCUT2D eigenvalue weighted by Gasteiger charge is 2.43. The fraction of sp³-hybridized carbons (Fsp3) is 0.389. The maximum Gasteiger partial charge on any atom is 0.180 e. The van der Waals surface area contributed by atoms with Gasteiger partial charge in [0.25, 0.3) is 0 Å². The highest BCUT2D eigenvalue weighted by atomic mass is 32.2. The third-order valence-corrected chi connectivity index (χ3v) is 7.56. The second-order valence-electron chi connectivity index (χ2n) is 7.43. The zero-order valence-electron chi connectivity index (χ0n) is 16.0. The van der Waals surface area contributed by atoms with E-state index in [1.807, 2.05) is 37.8 Å². The highest BCUT2D eigenvalue weighted by Crippen LogP contribution is 2.56. The molecule has 2 unspecified atom stereocenters. The summed E-state index contributed by atoms with van der Waals surface area (Å²) in [6.45, 7) is 3.92. The minimum absolute atomic E-state index is 0.388. The number of thiol groups is 3. The Balaban J connectivity index is 1.45. The van der Waals surface area contributed by atoms with E-state index in [1.165, 1.54) is 4.88 Å². The van der Waals surface area contributed by atoms with Gasteiger partial charge < -0.3 is 0 Å². The molecule has 0 bridgehead atoms. The zero-order chi connectivity index (χ0) is 20.5. The van der Waals surface area contributed by atoms with Crippen LogP contribution in [0, 0.1) is 13.8 Å². The lowest BCUT2D eigenvalue weighted by Crippen LogP contribution is -2.02.